The summed E-state index contributed by atoms with van der Waals surface area (Å²) in [5, 5.41) is 20.6. The van der Waals surface area contributed by atoms with Crippen molar-refractivity contribution in [2.45, 2.75) is 9.79 Å². The highest BCUT2D eigenvalue weighted by Gasteiger charge is 2.14. The first-order valence-corrected chi connectivity index (χ1v) is 15.0. The van der Waals surface area contributed by atoms with Crippen LogP contribution >= 0.6 is 0 Å². The highest BCUT2D eigenvalue weighted by molar-refractivity contribution is 7.89. The summed E-state index contributed by atoms with van der Waals surface area (Å²) in [7, 11) is -7.51. The Morgan fingerprint density at radius 1 is 0.711 bits per heavy atom. The van der Waals surface area contributed by atoms with Gasteiger partial charge < -0.3 is 16.2 Å². The lowest BCUT2D eigenvalue weighted by atomic mass is 10.1. The quantitative estimate of drug-likeness (QED) is 0.154. The normalized spacial score (nSPS) is 10.4. The topological polar surface area (TPSA) is 221 Å². The number of primary sulfonamides is 2. The Kier molecular flexibility index (Phi) is 11.9. The molecule has 4 aromatic rings. The lowest BCUT2D eigenvalue weighted by molar-refractivity contribution is 0.0691. The molecule has 0 spiro atoms. The lowest BCUT2D eigenvalue weighted by Crippen LogP contribution is -2.15. The second kappa shape index (κ2) is 15.1. The first-order chi connectivity index (χ1) is 21.0. The van der Waals surface area contributed by atoms with E-state index >= 15 is 0 Å². The van der Waals surface area contributed by atoms with E-state index in [4.69, 9.17) is 34.3 Å². The van der Waals surface area contributed by atoms with E-state index in [1.54, 1.807) is 6.07 Å². The van der Waals surface area contributed by atoms with Crippen LogP contribution in [-0.4, -0.2) is 33.8 Å². The number of carboxylic acid groups (broad SMARTS) is 1. The Balaban J connectivity index is 0.000000259. The average molecular weight is 657 g/mol. The van der Waals surface area contributed by atoms with Crippen LogP contribution in [0.15, 0.2) is 94.7 Å². The molecule has 45 heavy (non-hydrogen) atoms. The summed E-state index contributed by atoms with van der Waals surface area (Å²) in [5.41, 5.74) is 5.38. The van der Waals surface area contributed by atoms with Crippen molar-refractivity contribution in [2.24, 2.45) is 10.3 Å². The number of carbonyl (C=O) groups is 2. The van der Waals surface area contributed by atoms with Gasteiger partial charge in [-0.2, -0.15) is 0 Å². The SMILES string of the molecule is Nc1cccc(S(N)(=O)=O)c1.[C-]#[N+]c1ccc(C(=O)Nc2cccc(S(N)(=O)=O)c2)c(F)c1.[C-]#[N+]c1ccc(C(=O)O)c(F)c1. The second-order valence-electron chi connectivity index (χ2n) is 8.50. The molecule has 1 amide bonds. The predicted octanol–water partition coefficient (Wildman–Crippen LogP) is 4.27. The molecule has 0 aromatic heterocycles. The van der Waals surface area contributed by atoms with Crippen LogP contribution in [0, 0.1) is 24.8 Å². The van der Waals surface area contributed by atoms with Crippen molar-refractivity contribution < 1.29 is 40.3 Å². The number of rotatable bonds is 5. The fraction of sp³-hybridized carbons (Fsp3) is 0. The van der Waals surface area contributed by atoms with E-state index in [1.807, 2.05) is 0 Å². The fourth-order valence-electron chi connectivity index (χ4n) is 3.15. The van der Waals surface area contributed by atoms with Crippen LogP contribution in [0.2, 0.25) is 0 Å². The van der Waals surface area contributed by atoms with Gasteiger partial charge in [-0.25, -0.2) is 50.4 Å². The van der Waals surface area contributed by atoms with Gasteiger partial charge in [0, 0.05) is 11.4 Å². The third-order valence-electron chi connectivity index (χ3n) is 5.25. The van der Waals surface area contributed by atoms with Gasteiger partial charge in [0.15, 0.2) is 11.4 Å². The second-order valence-corrected chi connectivity index (χ2v) is 11.6. The van der Waals surface area contributed by atoms with Crippen molar-refractivity contribution in [1.29, 1.82) is 0 Å². The maximum atomic E-state index is 13.7. The van der Waals surface area contributed by atoms with Crippen LogP contribution in [0.3, 0.4) is 0 Å². The van der Waals surface area contributed by atoms with Gasteiger partial charge >= 0.3 is 5.97 Å². The minimum absolute atomic E-state index is 0.0394. The van der Waals surface area contributed by atoms with Gasteiger partial charge in [-0.3, -0.25) is 4.79 Å². The summed E-state index contributed by atoms with van der Waals surface area (Å²) in [6, 6.07) is 17.8. The molecule has 0 saturated carbocycles. The van der Waals surface area contributed by atoms with Gasteiger partial charge in [0.2, 0.25) is 20.0 Å². The number of carbonyl (C=O) groups excluding carboxylic acids is 1. The Labute approximate surface area is 256 Å². The van der Waals surface area contributed by atoms with Gasteiger partial charge in [0.25, 0.3) is 5.91 Å². The first kappa shape index (κ1) is 35.5. The molecule has 0 saturated heterocycles. The zero-order valence-corrected chi connectivity index (χ0v) is 24.3. The molecule has 0 radical (unpaired) electrons. The van der Waals surface area contributed by atoms with E-state index < -0.39 is 49.1 Å². The summed E-state index contributed by atoms with van der Waals surface area (Å²) in [4.78, 5) is 28.2. The maximum Gasteiger partial charge on any atom is 0.338 e. The number of halogens is 2. The first-order valence-electron chi connectivity index (χ1n) is 11.9. The van der Waals surface area contributed by atoms with Crippen LogP contribution in [0.25, 0.3) is 9.69 Å². The molecule has 0 atom stereocenters. The molecule has 4 rings (SSSR count). The number of sulfonamides is 2. The third-order valence-corrected chi connectivity index (χ3v) is 7.07. The van der Waals surface area contributed by atoms with Gasteiger partial charge in [-0.1, -0.05) is 36.4 Å². The van der Waals surface area contributed by atoms with Gasteiger partial charge in [0.05, 0.1) is 34.1 Å². The molecule has 0 aliphatic carbocycles. The third kappa shape index (κ3) is 10.8. The van der Waals surface area contributed by atoms with Crippen LogP contribution in [0.4, 0.5) is 31.5 Å². The van der Waals surface area contributed by atoms with Crippen molar-refractivity contribution in [3.8, 4) is 0 Å². The molecule has 0 unspecified atom stereocenters. The number of hydrogen-bond acceptors (Lipinski definition) is 7. The summed E-state index contributed by atoms with van der Waals surface area (Å²) in [6.45, 7) is 13.3. The summed E-state index contributed by atoms with van der Waals surface area (Å²) in [6.07, 6.45) is 0. The standard InChI is InChI=1S/C14H10FN3O3S.C8H4FNO2.C6H8N2O2S/c1-17-9-5-6-12(13(15)8-9)14(19)18-10-3-2-4-11(7-10)22(16,20)21;1-10-5-2-3-6(8(11)12)7(9)4-5;7-5-2-1-3-6(4-5)11(8,9)10/h2-8H,(H,18,19)(H2,16,20,21);2-4H,(H,11,12);1-4H,7H2,(H2,8,9,10). The molecule has 17 heteroatoms. The van der Waals surface area contributed by atoms with E-state index in [2.05, 4.69) is 15.0 Å². The Hall–Kier alpha value is -5.72. The lowest BCUT2D eigenvalue weighted by Gasteiger charge is -2.07. The maximum absolute atomic E-state index is 13.7. The van der Waals surface area contributed by atoms with E-state index in [1.165, 1.54) is 60.7 Å². The van der Waals surface area contributed by atoms with Crippen molar-refractivity contribution in [3.05, 3.63) is 131 Å². The minimum Gasteiger partial charge on any atom is -0.478 e. The van der Waals surface area contributed by atoms with E-state index in [0.29, 0.717) is 5.69 Å². The number of hydrogen-bond donors (Lipinski definition) is 5. The highest BCUT2D eigenvalue weighted by Crippen LogP contribution is 2.20. The van der Waals surface area contributed by atoms with Crippen LogP contribution in [0.1, 0.15) is 20.7 Å². The number of carboxylic acids is 1. The minimum atomic E-state index is -3.90. The highest BCUT2D eigenvalue weighted by atomic mass is 32.2. The molecular weight excluding hydrogens is 634 g/mol. The number of benzene rings is 4. The molecule has 0 aliphatic rings. The number of nitrogens with one attached hydrogen (secondary N) is 1. The number of amides is 1. The average Bonchev–Trinajstić information content (AvgIpc) is 2.96. The van der Waals surface area contributed by atoms with Crippen molar-refractivity contribution >= 4 is 54.7 Å². The number of nitrogen functional groups attached to an aromatic ring is 1. The van der Waals surface area contributed by atoms with Crippen molar-refractivity contribution in [1.82, 2.24) is 0 Å². The largest absolute Gasteiger partial charge is 0.478 e. The van der Waals surface area contributed by atoms with Crippen molar-refractivity contribution in [3.63, 3.8) is 0 Å². The monoisotopic (exact) mass is 656 g/mol. The number of nitrogens with zero attached hydrogens (tertiary/aromatic N) is 2. The van der Waals surface area contributed by atoms with Crippen LogP contribution < -0.4 is 21.3 Å². The molecule has 13 nitrogen and oxygen atoms in total. The number of aromatic carboxylic acids is 1. The van der Waals surface area contributed by atoms with Gasteiger partial charge in [0.1, 0.15) is 11.6 Å². The Morgan fingerprint density at radius 3 is 1.58 bits per heavy atom. The molecule has 4 aromatic carbocycles. The fourth-order valence-corrected chi connectivity index (χ4v) is 4.27. The van der Waals surface area contributed by atoms with Crippen LogP contribution in [-0.2, 0) is 20.0 Å². The van der Waals surface area contributed by atoms with Gasteiger partial charge in [-0.05, 0) is 48.5 Å². The Morgan fingerprint density at radius 2 is 1.18 bits per heavy atom. The predicted molar refractivity (Wildman–Crippen MR) is 160 cm³/mol. The summed E-state index contributed by atoms with van der Waals surface area (Å²) >= 11 is 0. The van der Waals surface area contributed by atoms with Crippen LogP contribution in [0.5, 0.6) is 0 Å². The molecule has 0 fully saturated rings. The van der Waals surface area contributed by atoms with Gasteiger partial charge in [-0.15, -0.1) is 0 Å². The molecule has 232 valence electrons. The number of anilines is 2. The zero-order chi connectivity index (χ0) is 33.9. The van der Waals surface area contributed by atoms with E-state index in [0.717, 1.165) is 18.2 Å². The van der Waals surface area contributed by atoms with Crippen molar-refractivity contribution in [2.75, 3.05) is 11.1 Å². The zero-order valence-electron chi connectivity index (χ0n) is 22.7. The molecule has 0 heterocycles. The molecule has 0 bridgehead atoms. The molecule has 0 aliphatic heterocycles. The Bertz CT molecular complexity index is 2060. The summed E-state index contributed by atoms with van der Waals surface area (Å²) < 4.78 is 70.4. The van der Waals surface area contributed by atoms with E-state index in [9.17, 15) is 35.2 Å². The number of nitrogens with two attached hydrogens (primary N) is 3. The smallest absolute Gasteiger partial charge is 0.338 e. The van der Waals surface area contributed by atoms with E-state index in [-0.39, 0.29) is 32.4 Å². The molecular formula is C28H22F2N6O7S2. The summed E-state index contributed by atoms with van der Waals surface area (Å²) in [5.74, 6) is -3.81. The molecule has 8 N–H and O–H groups in total.